The van der Waals surface area contributed by atoms with Crippen molar-refractivity contribution in [3.63, 3.8) is 0 Å². The molecular formula is C64H62N2. The molecule has 328 valence electrons. The van der Waals surface area contributed by atoms with Crippen molar-refractivity contribution in [2.24, 2.45) is 5.92 Å². The van der Waals surface area contributed by atoms with E-state index in [4.69, 9.17) is 0 Å². The van der Waals surface area contributed by atoms with E-state index in [9.17, 15) is 0 Å². The van der Waals surface area contributed by atoms with E-state index in [2.05, 4.69) is 231 Å². The molecule has 66 heavy (non-hydrogen) atoms. The second kappa shape index (κ2) is 17.6. The summed E-state index contributed by atoms with van der Waals surface area (Å²) in [6.07, 6.45) is 11.6. The van der Waals surface area contributed by atoms with Gasteiger partial charge in [-0.2, -0.15) is 0 Å². The van der Waals surface area contributed by atoms with Crippen molar-refractivity contribution in [1.29, 1.82) is 0 Å². The first kappa shape index (κ1) is 42.0. The van der Waals surface area contributed by atoms with Gasteiger partial charge in [0, 0.05) is 45.0 Å². The van der Waals surface area contributed by atoms with Crippen LogP contribution in [0.25, 0.3) is 22.3 Å². The quantitative estimate of drug-likeness (QED) is 0.135. The molecule has 0 heterocycles. The Bertz CT molecular complexity index is 2910. The second-order valence-electron chi connectivity index (χ2n) is 19.9. The van der Waals surface area contributed by atoms with E-state index in [0.717, 1.165) is 12.1 Å². The van der Waals surface area contributed by atoms with Crippen LogP contribution in [-0.2, 0) is 10.8 Å². The monoisotopic (exact) mass is 858 g/mol. The summed E-state index contributed by atoms with van der Waals surface area (Å²) in [4.78, 5) is 4.88. The van der Waals surface area contributed by atoms with E-state index < -0.39 is 0 Å². The van der Waals surface area contributed by atoms with Crippen LogP contribution in [0, 0.1) is 5.92 Å². The van der Waals surface area contributed by atoms with Gasteiger partial charge in [-0.15, -0.1) is 0 Å². The third kappa shape index (κ3) is 7.45. The zero-order valence-corrected chi connectivity index (χ0v) is 39.0. The fourth-order valence-corrected chi connectivity index (χ4v) is 12.3. The molecule has 3 aliphatic carbocycles. The van der Waals surface area contributed by atoms with Crippen LogP contribution in [0.2, 0.25) is 0 Å². The van der Waals surface area contributed by atoms with Gasteiger partial charge in [0.1, 0.15) is 0 Å². The number of benzene rings is 8. The first-order valence-corrected chi connectivity index (χ1v) is 24.8. The standard InChI is InChI=1S/C64H62N2/c1-46-19-16-17-44-64(46,50-32-38-55(39-33-50)65(52-24-12-6-13-25-52)54-36-30-48(31-37-54)47-20-8-4-9-21-47)51-34-40-56(41-35-51)66(53-26-14-7-15-27-53)57-42-43-59-61(45-57)63(2,3)60-29-18-28-58(62(59)60)49-22-10-5-11-23-49/h5-7,10-15,18,22-43,45-47H,4,8-9,16-17,19-21,44H2,1-3H3. The molecular weight excluding hydrogens is 797 g/mol. The van der Waals surface area contributed by atoms with Gasteiger partial charge in [-0.3, -0.25) is 0 Å². The van der Waals surface area contributed by atoms with Crippen LogP contribution in [-0.4, -0.2) is 0 Å². The van der Waals surface area contributed by atoms with Crippen LogP contribution in [0.1, 0.15) is 112 Å². The van der Waals surface area contributed by atoms with Gasteiger partial charge in [0.2, 0.25) is 0 Å². The molecule has 0 aromatic heterocycles. The highest BCUT2D eigenvalue weighted by Gasteiger charge is 2.42. The lowest BCUT2D eigenvalue weighted by atomic mass is 9.60. The SMILES string of the molecule is CC1CCCCC1(c1ccc(N(c2ccccc2)c2ccc(C3CCCCC3)cc2)cc1)c1ccc(N(c2ccccc2)c2ccc3c(c2)C(C)(C)c2cccc(-c4ccccc4)c2-3)cc1. The maximum absolute atomic E-state index is 2.49. The average Bonchev–Trinajstić information content (AvgIpc) is 3.61. The minimum atomic E-state index is -0.145. The minimum Gasteiger partial charge on any atom is -0.311 e. The first-order chi connectivity index (χ1) is 32.4. The predicted molar refractivity (Wildman–Crippen MR) is 279 cm³/mol. The number of rotatable bonds is 10. The highest BCUT2D eigenvalue weighted by molar-refractivity contribution is 5.94. The number of para-hydroxylation sites is 2. The summed E-state index contributed by atoms with van der Waals surface area (Å²) in [6, 6.07) is 75.5. The Morgan fingerprint density at radius 2 is 0.909 bits per heavy atom. The van der Waals surface area contributed by atoms with Crippen molar-refractivity contribution in [1.82, 2.24) is 0 Å². The first-order valence-electron chi connectivity index (χ1n) is 24.8. The second-order valence-corrected chi connectivity index (χ2v) is 19.9. The van der Waals surface area contributed by atoms with Crippen LogP contribution in [0.3, 0.4) is 0 Å². The molecule has 8 aromatic carbocycles. The van der Waals surface area contributed by atoms with Crippen LogP contribution >= 0.6 is 0 Å². The molecule has 3 aliphatic rings. The van der Waals surface area contributed by atoms with Gasteiger partial charge in [0.25, 0.3) is 0 Å². The van der Waals surface area contributed by atoms with Crippen molar-refractivity contribution in [2.45, 2.75) is 95.3 Å². The van der Waals surface area contributed by atoms with E-state index >= 15 is 0 Å². The summed E-state index contributed by atoms with van der Waals surface area (Å²) < 4.78 is 0. The molecule has 0 saturated heterocycles. The van der Waals surface area contributed by atoms with Gasteiger partial charge in [0.05, 0.1) is 0 Å². The number of hydrogen-bond donors (Lipinski definition) is 0. The van der Waals surface area contributed by atoms with Gasteiger partial charge in [-0.05, 0) is 160 Å². The molecule has 2 saturated carbocycles. The fourth-order valence-electron chi connectivity index (χ4n) is 12.3. The molecule has 0 N–H and O–H groups in total. The zero-order chi connectivity index (χ0) is 44.7. The third-order valence-electron chi connectivity index (χ3n) is 15.9. The van der Waals surface area contributed by atoms with E-state index in [0.29, 0.717) is 11.8 Å². The molecule has 2 nitrogen and oxygen atoms in total. The number of anilines is 6. The summed E-state index contributed by atoms with van der Waals surface area (Å²) in [6.45, 7) is 7.28. The van der Waals surface area contributed by atoms with Crippen LogP contribution in [0.5, 0.6) is 0 Å². The molecule has 2 unspecified atom stereocenters. The summed E-state index contributed by atoms with van der Waals surface area (Å²) in [5, 5.41) is 0. The Hall–Kier alpha value is -6.64. The normalized spacial score (nSPS) is 18.9. The lowest BCUT2D eigenvalue weighted by Gasteiger charge is -2.44. The van der Waals surface area contributed by atoms with E-state index in [1.54, 1.807) is 0 Å². The van der Waals surface area contributed by atoms with E-state index in [1.807, 2.05) is 0 Å². The van der Waals surface area contributed by atoms with Crippen LogP contribution in [0.15, 0.2) is 200 Å². The van der Waals surface area contributed by atoms with Gasteiger partial charge >= 0.3 is 0 Å². The average molecular weight is 859 g/mol. The van der Waals surface area contributed by atoms with Gasteiger partial charge in [-0.1, -0.05) is 180 Å². The molecule has 0 bridgehead atoms. The van der Waals surface area contributed by atoms with Crippen molar-refractivity contribution >= 4 is 34.1 Å². The summed E-state index contributed by atoms with van der Waals surface area (Å²) in [7, 11) is 0. The Kier molecular flexibility index (Phi) is 11.2. The van der Waals surface area contributed by atoms with Crippen molar-refractivity contribution in [3.8, 4) is 22.3 Å². The lowest BCUT2D eigenvalue weighted by molar-refractivity contribution is 0.244. The molecule has 0 radical (unpaired) electrons. The Labute approximate surface area is 393 Å². The smallest absolute Gasteiger partial charge is 0.0465 e. The number of fused-ring (bicyclic) bond motifs is 3. The Morgan fingerprint density at radius 1 is 0.409 bits per heavy atom. The summed E-state index contributed by atoms with van der Waals surface area (Å²) >= 11 is 0. The Balaban J connectivity index is 0.946. The largest absolute Gasteiger partial charge is 0.311 e. The maximum atomic E-state index is 2.49. The third-order valence-corrected chi connectivity index (χ3v) is 15.9. The highest BCUT2D eigenvalue weighted by atomic mass is 15.1. The van der Waals surface area contributed by atoms with Crippen molar-refractivity contribution in [3.05, 3.63) is 228 Å². The number of hydrogen-bond acceptors (Lipinski definition) is 2. The molecule has 2 fully saturated rings. The molecule has 11 rings (SSSR count). The summed E-state index contributed by atoms with van der Waals surface area (Å²) in [5.41, 5.74) is 19.2. The zero-order valence-electron chi connectivity index (χ0n) is 39.0. The van der Waals surface area contributed by atoms with Crippen molar-refractivity contribution in [2.75, 3.05) is 9.80 Å². The number of nitrogens with zero attached hydrogens (tertiary/aromatic N) is 2. The van der Waals surface area contributed by atoms with Crippen LogP contribution < -0.4 is 9.80 Å². The lowest BCUT2D eigenvalue weighted by Crippen LogP contribution is -2.37. The predicted octanol–water partition coefficient (Wildman–Crippen LogP) is 18.1. The van der Waals surface area contributed by atoms with Crippen LogP contribution in [0.4, 0.5) is 34.1 Å². The molecule has 2 heteroatoms. The fraction of sp³-hybridized carbons (Fsp3) is 0.250. The molecule has 2 atom stereocenters. The molecule has 0 aliphatic heterocycles. The van der Waals surface area contributed by atoms with Gasteiger partial charge in [-0.25, -0.2) is 0 Å². The molecule has 0 spiro atoms. The van der Waals surface area contributed by atoms with E-state index in [1.165, 1.54) is 130 Å². The topological polar surface area (TPSA) is 6.48 Å². The molecule has 8 aromatic rings. The van der Waals surface area contributed by atoms with Crippen molar-refractivity contribution < 1.29 is 0 Å². The Morgan fingerprint density at radius 3 is 1.48 bits per heavy atom. The maximum Gasteiger partial charge on any atom is 0.0465 e. The minimum absolute atomic E-state index is 0.0774. The molecule has 0 amide bonds. The van der Waals surface area contributed by atoms with Gasteiger partial charge < -0.3 is 9.80 Å². The highest BCUT2D eigenvalue weighted by Crippen LogP contribution is 2.54. The van der Waals surface area contributed by atoms with E-state index in [-0.39, 0.29) is 10.8 Å². The summed E-state index contributed by atoms with van der Waals surface area (Å²) in [5.74, 6) is 1.20. The van der Waals surface area contributed by atoms with Gasteiger partial charge in [0.15, 0.2) is 0 Å².